The quantitative estimate of drug-likeness (QED) is 0.619. The number of likely N-dealkylation sites (tertiary alicyclic amines) is 1. The van der Waals surface area contributed by atoms with Crippen LogP contribution in [0, 0.1) is 5.92 Å². The van der Waals surface area contributed by atoms with Crippen molar-refractivity contribution in [1.29, 1.82) is 0 Å². The molecule has 10 heteroatoms. The van der Waals surface area contributed by atoms with Crippen molar-refractivity contribution in [3.05, 3.63) is 18.2 Å². The number of rotatable bonds is 8. The van der Waals surface area contributed by atoms with Crippen LogP contribution in [-0.4, -0.2) is 65.2 Å². The van der Waals surface area contributed by atoms with Gasteiger partial charge in [0.2, 0.25) is 15.9 Å². The maximum Gasteiger partial charge on any atom is 0.309 e. The number of esters is 1. The lowest BCUT2D eigenvalue weighted by molar-refractivity contribution is -0.151. The van der Waals surface area contributed by atoms with Gasteiger partial charge < -0.3 is 19.1 Å². The molecule has 0 spiro atoms. The van der Waals surface area contributed by atoms with Gasteiger partial charge in [0.15, 0.2) is 11.5 Å². The van der Waals surface area contributed by atoms with E-state index in [-0.39, 0.29) is 28.4 Å². The number of carbonyl (C=O) groups is 2. The topological polar surface area (TPSA) is 111 Å². The summed E-state index contributed by atoms with van der Waals surface area (Å²) >= 11 is 0. The van der Waals surface area contributed by atoms with Gasteiger partial charge in [-0.1, -0.05) is 0 Å². The largest absolute Gasteiger partial charge is 0.493 e. The third-order valence-electron chi connectivity index (χ3n) is 4.79. The van der Waals surface area contributed by atoms with Gasteiger partial charge in [-0.25, -0.2) is 8.42 Å². The highest BCUT2D eigenvalue weighted by Crippen LogP contribution is 2.29. The van der Waals surface area contributed by atoms with Crippen LogP contribution in [0.5, 0.6) is 11.5 Å². The molecule has 1 aliphatic heterocycles. The fourth-order valence-electron chi connectivity index (χ4n) is 3.20. The molecule has 0 bridgehead atoms. The smallest absolute Gasteiger partial charge is 0.309 e. The molecule has 0 aliphatic carbocycles. The van der Waals surface area contributed by atoms with Gasteiger partial charge in [-0.05, 0) is 38.8 Å². The van der Waals surface area contributed by atoms with E-state index < -0.39 is 16.1 Å². The number of amides is 1. The van der Waals surface area contributed by atoms with Gasteiger partial charge in [0.25, 0.3) is 0 Å². The lowest BCUT2D eigenvalue weighted by Gasteiger charge is -2.32. The summed E-state index contributed by atoms with van der Waals surface area (Å²) in [5, 5.41) is 0. The minimum absolute atomic E-state index is 0.0316. The molecule has 0 radical (unpaired) electrons. The number of methoxy groups -OCH3 is 2. The molecule has 0 aromatic heterocycles. The first-order valence-electron chi connectivity index (χ1n) is 9.43. The zero-order valence-electron chi connectivity index (χ0n) is 17.1. The van der Waals surface area contributed by atoms with E-state index in [1.165, 1.54) is 39.3 Å². The van der Waals surface area contributed by atoms with Crippen molar-refractivity contribution in [1.82, 2.24) is 9.62 Å². The molecule has 1 aromatic rings. The van der Waals surface area contributed by atoms with E-state index in [4.69, 9.17) is 14.2 Å². The van der Waals surface area contributed by atoms with Gasteiger partial charge in [-0.15, -0.1) is 0 Å². The number of nitrogens with one attached hydrogen (secondary N) is 1. The van der Waals surface area contributed by atoms with Crippen molar-refractivity contribution in [3.8, 4) is 11.5 Å². The maximum absolute atomic E-state index is 12.7. The second-order valence-corrected chi connectivity index (χ2v) is 8.43. The van der Waals surface area contributed by atoms with Gasteiger partial charge in [-0.2, -0.15) is 4.72 Å². The van der Waals surface area contributed by atoms with E-state index in [1.54, 1.807) is 11.8 Å². The molecule has 1 atom stereocenters. The summed E-state index contributed by atoms with van der Waals surface area (Å²) in [5.74, 6) is -0.133. The molecule has 1 aromatic carbocycles. The van der Waals surface area contributed by atoms with Gasteiger partial charge in [-0.3, -0.25) is 9.59 Å². The standard InChI is InChI=1S/C19H28N2O7S/c1-5-28-19(23)14-8-10-21(11-9-14)18(22)13(2)20-29(24,25)15-6-7-16(26-3)17(12-15)27-4/h6-7,12-14,20H,5,8-11H2,1-4H3/t13-/m0/s1. The highest BCUT2D eigenvalue weighted by molar-refractivity contribution is 7.89. The second kappa shape index (κ2) is 9.93. The number of sulfonamides is 1. The van der Waals surface area contributed by atoms with E-state index in [1.807, 2.05) is 0 Å². The summed E-state index contributed by atoms with van der Waals surface area (Å²) in [5.41, 5.74) is 0. The third kappa shape index (κ3) is 5.60. The van der Waals surface area contributed by atoms with Crippen LogP contribution in [0.3, 0.4) is 0 Å². The monoisotopic (exact) mass is 428 g/mol. The minimum atomic E-state index is -3.94. The van der Waals surface area contributed by atoms with Gasteiger partial charge in [0.05, 0.1) is 37.7 Å². The van der Waals surface area contributed by atoms with Crippen molar-refractivity contribution >= 4 is 21.9 Å². The van der Waals surface area contributed by atoms with Crippen molar-refractivity contribution in [2.75, 3.05) is 33.9 Å². The van der Waals surface area contributed by atoms with Crippen LogP contribution >= 0.6 is 0 Å². The molecule has 1 N–H and O–H groups in total. The Hall–Kier alpha value is -2.33. The second-order valence-electron chi connectivity index (χ2n) is 6.71. The first-order chi connectivity index (χ1) is 13.7. The predicted octanol–water partition coefficient (Wildman–Crippen LogP) is 1.17. The minimum Gasteiger partial charge on any atom is -0.493 e. The molecule has 0 unspecified atom stereocenters. The molecule has 0 saturated carbocycles. The normalized spacial score (nSPS) is 16.2. The summed E-state index contributed by atoms with van der Waals surface area (Å²) in [4.78, 5) is 26.0. The Bertz CT molecular complexity index is 833. The molecular weight excluding hydrogens is 400 g/mol. The van der Waals surface area contributed by atoms with Gasteiger partial charge in [0.1, 0.15) is 0 Å². The highest BCUT2D eigenvalue weighted by atomic mass is 32.2. The first-order valence-corrected chi connectivity index (χ1v) is 10.9. The number of hydrogen-bond acceptors (Lipinski definition) is 7. The van der Waals surface area contributed by atoms with Crippen molar-refractivity contribution < 1.29 is 32.2 Å². The van der Waals surface area contributed by atoms with Gasteiger partial charge >= 0.3 is 5.97 Å². The van der Waals surface area contributed by atoms with Crippen LogP contribution in [0.25, 0.3) is 0 Å². The van der Waals surface area contributed by atoms with Crippen LogP contribution in [0.15, 0.2) is 23.1 Å². The number of carbonyl (C=O) groups excluding carboxylic acids is 2. The van der Waals surface area contributed by atoms with Crippen molar-refractivity contribution in [2.45, 2.75) is 37.6 Å². The van der Waals surface area contributed by atoms with Crippen molar-refractivity contribution in [3.63, 3.8) is 0 Å². The summed E-state index contributed by atoms with van der Waals surface area (Å²) < 4.78 is 43.0. The first kappa shape index (κ1) is 23.0. The maximum atomic E-state index is 12.7. The molecule has 2 rings (SSSR count). The average molecular weight is 429 g/mol. The number of piperidine rings is 1. The van der Waals surface area contributed by atoms with Crippen LogP contribution in [0.2, 0.25) is 0 Å². The molecule has 1 amide bonds. The predicted molar refractivity (Wildman–Crippen MR) is 105 cm³/mol. The Kier molecular flexibility index (Phi) is 7.86. The number of nitrogens with zero attached hydrogens (tertiary/aromatic N) is 1. The third-order valence-corrected chi connectivity index (χ3v) is 6.33. The Morgan fingerprint density at radius 2 is 1.79 bits per heavy atom. The van der Waals surface area contributed by atoms with E-state index >= 15 is 0 Å². The lowest BCUT2D eigenvalue weighted by atomic mass is 9.96. The average Bonchev–Trinajstić information content (AvgIpc) is 2.72. The van der Waals surface area contributed by atoms with E-state index in [2.05, 4.69) is 4.72 Å². The molecule has 1 fully saturated rings. The summed E-state index contributed by atoms with van der Waals surface area (Å²) in [6.45, 7) is 4.34. The van der Waals surface area contributed by atoms with Gasteiger partial charge in [0, 0.05) is 19.2 Å². The lowest BCUT2D eigenvalue weighted by Crippen LogP contribution is -2.49. The summed E-state index contributed by atoms with van der Waals surface area (Å²) in [6, 6.07) is 3.25. The molecule has 1 aliphatic rings. The number of hydrogen-bond donors (Lipinski definition) is 1. The Balaban J connectivity index is 2.01. The van der Waals surface area contributed by atoms with E-state index in [0.717, 1.165) is 0 Å². The zero-order chi connectivity index (χ0) is 21.6. The number of ether oxygens (including phenoxy) is 3. The van der Waals surface area contributed by atoms with E-state index in [0.29, 0.717) is 38.3 Å². The van der Waals surface area contributed by atoms with Crippen molar-refractivity contribution in [2.24, 2.45) is 5.92 Å². The van der Waals surface area contributed by atoms with Crippen LogP contribution in [0.1, 0.15) is 26.7 Å². The fraction of sp³-hybridized carbons (Fsp3) is 0.579. The molecular formula is C19H28N2O7S. The molecule has 1 saturated heterocycles. The Labute approximate surface area is 171 Å². The molecule has 29 heavy (non-hydrogen) atoms. The summed E-state index contributed by atoms with van der Waals surface area (Å²) in [6.07, 6.45) is 0.999. The van der Waals surface area contributed by atoms with E-state index in [9.17, 15) is 18.0 Å². The van der Waals surface area contributed by atoms with Crippen LogP contribution in [0.4, 0.5) is 0 Å². The Morgan fingerprint density at radius 1 is 1.17 bits per heavy atom. The van der Waals surface area contributed by atoms with Crippen LogP contribution < -0.4 is 14.2 Å². The highest BCUT2D eigenvalue weighted by Gasteiger charge is 2.31. The Morgan fingerprint density at radius 3 is 2.34 bits per heavy atom. The molecule has 1 heterocycles. The van der Waals surface area contributed by atoms with Crippen LogP contribution in [-0.2, 0) is 24.3 Å². The zero-order valence-corrected chi connectivity index (χ0v) is 18.0. The summed E-state index contributed by atoms with van der Waals surface area (Å²) in [7, 11) is -1.07. The molecule has 162 valence electrons. The fourth-order valence-corrected chi connectivity index (χ4v) is 4.42. The molecule has 9 nitrogen and oxygen atoms in total. The SMILES string of the molecule is CCOC(=O)C1CCN(C(=O)[C@H](C)NS(=O)(=O)c2ccc(OC)c(OC)c2)CC1. The number of benzene rings is 1.